The van der Waals surface area contributed by atoms with Crippen LogP contribution in [0.5, 0.6) is 11.8 Å². The maximum Gasteiger partial charge on any atom is 0.236 e. The Morgan fingerprint density at radius 3 is 2.10 bits per heavy atom. The highest BCUT2D eigenvalue weighted by Gasteiger charge is 2.16. The van der Waals surface area contributed by atoms with Crippen molar-refractivity contribution in [3.8, 4) is 22.9 Å². The summed E-state index contributed by atoms with van der Waals surface area (Å²) in [6.07, 6.45) is 4.29. The molecule has 0 radical (unpaired) electrons. The number of pyridine rings is 2. The van der Waals surface area contributed by atoms with Gasteiger partial charge in [0.15, 0.2) is 0 Å². The van der Waals surface area contributed by atoms with Crippen LogP contribution in [0.2, 0.25) is 10.0 Å². The van der Waals surface area contributed by atoms with Crippen molar-refractivity contribution < 1.29 is 14.3 Å². The fourth-order valence-electron chi connectivity index (χ4n) is 5.60. The number of ether oxygens (including phenoxy) is 2. The van der Waals surface area contributed by atoms with Gasteiger partial charge in [0.25, 0.3) is 0 Å². The number of aromatic nitrogens is 2. The van der Waals surface area contributed by atoms with Gasteiger partial charge in [-0.15, -0.1) is 6.58 Å². The number of nitrogens with one attached hydrogen (secondary N) is 2. The summed E-state index contributed by atoms with van der Waals surface area (Å²) in [6.45, 7) is 18.1. The molecule has 0 aliphatic rings. The predicted octanol–water partition coefficient (Wildman–Crippen LogP) is 8.98. The van der Waals surface area contributed by atoms with Crippen LogP contribution >= 0.6 is 23.2 Å². The van der Waals surface area contributed by atoms with Crippen LogP contribution in [0.25, 0.3) is 11.1 Å². The first-order valence-corrected chi connectivity index (χ1v) is 17.6. The van der Waals surface area contributed by atoms with Crippen molar-refractivity contribution in [1.29, 1.82) is 0 Å². The molecule has 0 saturated heterocycles. The molecule has 2 heterocycles. The summed E-state index contributed by atoms with van der Waals surface area (Å²) in [5, 5.41) is 7.51. The summed E-state index contributed by atoms with van der Waals surface area (Å²) in [5.74, 6) is 0.739. The number of aryl methyl sites for hydroxylation is 3. The number of carbonyl (C=O) groups excluding carboxylic acids is 1. The Labute approximate surface area is 302 Å². The van der Waals surface area contributed by atoms with Gasteiger partial charge in [-0.3, -0.25) is 9.78 Å². The van der Waals surface area contributed by atoms with Crippen molar-refractivity contribution in [2.45, 2.75) is 80.5 Å². The molecule has 4 rings (SSSR count). The minimum absolute atomic E-state index is 0.0460. The number of rotatable bonds is 17. The number of hydrogen-bond acceptors (Lipinski definition) is 7. The third-order valence-corrected chi connectivity index (χ3v) is 8.80. The summed E-state index contributed by atoms with van der Waals surface area (Å²) in [7, 11) is 1.55. The Hall–Kier alpha value is -3.75. The van der Waals surface area contributed by atoms with E-state index in [1.807, 2.05) is 26.0 Å². The second kappa shape index (κ2) is 20.1. The van der Waals surface area contributed by atoms with Crippen molar-refractivity contribution >= 4 is 29.0 Å². The van der Waals surface area contributed by atoms with E-state index < -0.39 is 0 Å². The van der Waals surface area contributed by atoms with Crippen LogP contribution in [0.4, 0.5) is 0 Å². The molecule has 0 aliphatic heterocycles. The molecule has 9 heteroatoms. The highest BCUT2D eigenvalue weighted by Crippen LogP contribution is 2.33. The molecule has 0 unspecified atom stereocenters. The van der Waals surface area contributed by atoms with Crippen molar-refractivity contribution in [2.75, 3.05) is 20.2 Å². The largest absolute Gasteiger partial charge is 0.481 e. The van der Waals surface area contributed by atoms with Gasteiger partial charge in [-0.1, -0.05) is 86.4 Å². The van der Waals surface area contributed by atoms with E-state index in [1.165, 1.54) is 23.6 Å². The van der Waals surface area contributed by atoms with Crippen LogP contribution in [0.3, 0.4) is 0 Å². The highest BCUT2D eigenvalue weighted by molar-refractivity contribution is 6.32. The molecule has 0 saturated carbocycles. The van der Waals surface area contributed by atoms with Gasteiger partial charge in [0.2, 0.25) is 11.8 Å². The lowest BCUT2D eigenvalue weighted by atomic mass is 9.90. The predicted molar refractivity (Wildman–Crippen MR) is 203 cm³/mol. The summed E-state index contributed by atoms with van der Waals surface area (Å²) >= 11 is 13.3. The molecular weight excluding hydrogens is 655 g/mol. The summed E-state index contributed by atoms with van der Waals surface area (Å²) in [4.78, 5) is 20.8. The van der Waals surface area contributed by atoms with E-state index in [0.717, 1.165) is 71.6 Å². The lowest BCUT2D eigenvalue weighted by Crippen LogP contribution is -2.21. The molecule has 0 atom stereocenters. The Morgan fingerprint density at radius 1 is 0.837 bits per heavy atom. The maximum atomic E-state index is 11.3. The smallest absolute Gasteiger partial charge is 0.236 e. The average molecular weight is 706 g/mol. The van der Waals surface area contributed by atoms with Crippen molar-refractivity contribution in [1.82, 2.24) is 20.6 Å². The number of methoxy groups -OCH3 is 1. The Kier molecular flexibility index (Phi) is 16.2. The number of ketones is 1. The summed E-state index contributed by atoms with van der Waals surface area (Å²) in [5.41, 5.74) is 10.9. The van der Waals surface area contributed by atoms with Crippen LogP contribution < -0.4 is 20.1 Å². The Balaban J connectivity index is 0.00000319. The van der Waals surface area contributed by atoms with Crippen molar-refractivity contribution in [3.63, 3.8) is 0 Å². The van der Waals surface area contributed by atoms with Crippen LogP contribution in [-0.4, -0.2) is 36.0 Å². The molecule has 49 heavy (non-hydrogen) atoms. The zero-order valence-electron chi connectivity index (χ0n) is 29.9. The fraction of sp³-hybridized carbons (Fsp3) is 0.375. The fourth-order valence-corrected chi connectivity index (χ4v) is 6.10. The van der Waals surface area contributed by atoms with Crippen LogP contribution in [0.1, 0.15) is 72.5 Å². The van der Waals surface area contributed by atoms with Gasteiger partial charge in [0.1, 0.15) is 17.4 Å². The van der Waals surface area contributed by atoms with Crippen LogP contribution in [0.15, 0.2) is 61.2 Å². The molecule has 7 nitrogen and oxygen atoms in total. The number of halogens is 2. The number of hydrogen-bond donors (Lipinski definition) is 2. The molecule has 2 N–H and O–H groups in total. The number of Topliss-reactive ketones (excluding diaryl/α,β-unsaturated/α-hetero) is 1. The van der Waals surface area contributed by atoms with Gasteiger partial charge >= 0.3 is 0 Å². The van der Waals surface area contributed by atoms with Gasteiger partial charge < -0.3 is 20.1 Å². The van der Waals surface area contributed by atoms with Crippen molar-refractivity contribution in [2.24, 2.45) is 0 Å². The minimum Gasteiger partial charge on any atom is -0.481 e. The standard InChI is InChI=1S/C38H44Cl2N4O3.C2H6/c1-7-17-41-21-29-18-33(39)36(43-35(29)8-2)16-15-27-11-9-13-31(25(27)4)32-14-10-12-28(26(32)5)23-47-38-34(40)19-30(37(44-38)46-6)22-42-20-24(3)45;1-2/h7,9-14,18-19,41-42H,1,8,15-17,20-23H2,2-6H3;1-2H3. The molecule has 2 aromatic carbocycles. The molecule has 0 spiro atoms. The zero-order chi connectivity index (χ0) is 35.9. The second-order valence-electron chi connectivity index (χ2n) is 11.5. The van der Waals surface area contributed by atoms with E-state index in [2.05, 4.69) is 79.4 Å². The van der Waals surface area contributed by atoms with E-state index in [1.54, 1.807) is 13.2 Å². The molecule has 0 aliphatic carbocycles. The number of benzene rings is 2. The van der Waals surface area contributed by atoms with Gasteiger partial charge in [-0.05, 0) is 91.1 Å². The molecule has 262 valence electrons. The molecule has 0 fully saturated rings. The first-order valence-electron chi connectivity index (χ1n) is 16.9. The SMILES string of the molecule is C=CCNCc1cc(Cl)c(CCc2cccc(-c3cccc(COc4nc(OC)c(CNCC(C)=O)cc4Cl)c3C)c2C)nc1CC.CC. The van der Waals surface area contributed by atoms with Gasteiger partial charge in [0.05, 0.1) is 24.4 Å². The van der Waals surface area contributed by atoms with E-state index >= 15 is 0 Å². The molecule has 4 aromatic rings. The highest BCUT2D eigenvalue weighted by atomic mass is 35.5. The van der Waals surface area contributed by atoms with Gasteiger partial charge in [-0.25, -0.2) is 0 Å². The Bertz CT molecular complexity index is 1720. The van der Waals surface area contributed by atoms with Gasteiger partial charge in [0, 0.05) is 30.9 Å². The lowest BCUT2D eigenvalue weighted by molar-refractivity contribution is -0.116. The van der Waals surface area contributed by atoms with Crippen LogP contribution in [-0.2, 0) is 43.8 Å². The third kappa shape index (κ3) is 10.9. The monoisotopic (exact) mass is 704 g/mol. The molecular formula is C40H50Cl2N4O3. The second-order valence-corrected chi connectivity index (χ2v) is 12.3. The summed E-state index contributed by atoms with van der Waals surface area (Å²) < 4.78 is 11.6. The minimum atomic E-state index is 0.0460. The average Bonchev–Trinajstić information content (AvgIpc) is 3.09. The summed E-state index contributed by atoms with van der Waals surface area (Å²) in [6, 6.07) is 16.5. The number of carbonyl (C=O) groups is 1. The topological polar surface area (TPSA) is 85.4 Å². The number of nitrogens with zero attached hydrogens (tertiary/aromatic N) is 2. The molecule has 0 amide bonds. The van der Waals surface area contributed by atoms with Crippen molar-refractivity contribution in [3.05, 3.63) is 116 Å². The van der Waals surface area contributed by atoms with E-state index in [4.69, 9.17) is 37.7 Å². The molecule has 0 bridgehead atoms. The maximum absolute atomic E-state index is 11.3. The van der Waals surface area contributed by atoms with E-state index in [9.17, 15) is 4.79 Å². The van der Waals surface area contributed by atoms with E-state index in [-0.39, 0.29) is 12.3 Å². The van der Waals surface area contributed by atoms with E-state index in [0.29, 0.717) is 35.0 Å². The first kappa shape index (κ1) is 39.7. The zero-order valence-corrected chi connectivity index (χ0v) is 31.4. The third-order valence-electron chi connectivity index (χ3n) is 8.20. The lowest BCUT2D eigenvalue weighted by Gasteiger charge is -2.17. The van der Waals surface area contributed by atoms with Crippen LogP contribution in [0, 0.1) is 13.8 Å². The Morgan fingerprint density at radius 2 is 1.47 bits per heavy atom. The first-order chi connectivity index (χ1) is 23.7. The van der Waals surface area contributed by atoms with Gasteiger partial charge in [-0.2, -0.15) is 4.98 Å². The quantitative estimate of drug-likeness (QED) is 0.0838. The molecule has 2 aromatic heterocycles. The normalized spacial score (nSPS) is 10.7.